The van der Waals surface area contributed by atoms with E-state index >= 15 is 0 Å². The summed E-state index contributed by atoms with van der Waals surface area (Å²) >= 11 is 0. The fraction of sp³-hybridized carbons (Fsp3) is 0.368. The fourth-order valence-corrected chi connectivity index (χ4v) is 3.59. The number of hydrogen-bond acceptors (Lipinski definition) is 3. The molecule has 0 aliphatic heterocycles. The van der Waals surface area contributed by atoms with E-state index in [1.165, 1.54) is 15.9 Å². The van der Waals surface area contributed by atoms with Crippen molar-refractivity contribution in [2.45, 2.75) is 32.3 Å². The number of rotatable bonds is 4. The van der Waals surface area contributed by atoms with Crippen molar-refractivity contribution >= 4 is 19.9 Å². The minimum atomic E-state index is -0.954. The van der Waals surface area contributed by atoms with Gasteiger partial charge >= 0.3 is 0 Å². The van der Waals surface area contributed by atoms with Gasteiger partial charge in [-0.25, -0.2) is 0 Å². The number of hydrogen-bond donors (Lipinski definition) is 3. The largest absolute Gasteiger partial charge is 0.394 e. The molecule has 0 aliphatic carbocycles. The average molecular weight is 333 g/mol. The zero-order valence-electron chi connectivity index (χ0n) is 14.2. The Bertz CT molecular complexity index is 560. The summed E-state index contributed by atoms with van der Waals surface area (Å²) in [5, 5.41) is 27.1. The van der Waals surface area contributed by atoms with Crippen LogP contribution in [-0.2, 0) is 5.41 Å². The molecule has 4 heteroatoms. The van der Waals surface area contributed by atoms with Crippen molar-refractivity contribution in [1.82, 2.24) is 0 Å². The monoisotopic (exact) mass is 332 g/mol. The first-order valence-corrected chi connectivity index (χ1v) is 9.31. The molecular formula is C19H28O3Si. The van der Waals surface area contributed by atoms with E-state index < -0.39 is 6.10 Å². The van der Waals surface area contributed by atoms with E-state index in [0.29, 0.717) is 0 Å². The predicted octanol–water partition coefficient (Wildman–Crippen LogP) is 0.436. The highest BCUT2D eigenvalue weighted by Gasteiger charge is 2.13. The van der Waals surface area contributed by atoms with Crippen molar-refractivity contribution in [3.05, 3.63) is 60.2 Å². The van der Waals surface area contributed by atoms with Gasteiger partial charge in [-0.3, -0.25) is 0 Å². The van der Waals surface area contributed by atoms with Crippen LogP contribution in [0, 0.1) is 0 Å². The highest BCUT2D eigenvalue weighted by atomic mass is 28.2. The van der Waals surface area contributed by atoms with Gasteiger partial charge in [-0.2, -0.15) is 0 Å². The van der Waals surface area contributed by atoms with Crippen LogP contribution in [0.25, 0.3) is 0 Å². The summed E-state index contributed by atoms with van der Waals surface area (Å²) in [6, 6.07) is 19.9. The molecule has 0 heterocycles. The molecule has 2 aromatic rings. The van der Waals surface area contributed by atoms with Gasteiger partial charge in [-0.05, 0) is 11.0 Å². The van der Waals surface area contributed by atoms with Crippen LogP contribution in [0.2, 0.25) is 0 Å². The first-order valence-electron chi connectivity index (χ1n) is 7.90. The Labute approximate surface area is 141 Å². The van der Waals surface area contributed by atoms with E-state index in [1.54, 1.807) is 0 Å². The molecular weight excluding hydrogens is 304 g/mol. The van der Waals surface area contributed by atoms with Crippen molar-refractivity contribution in [3.8, 4) is 0 Å². The molecule has 0 fully saturated rings. The van der Waals surface area contributed by atoms with Gasteiger partial charge in [0.2, 0.25) is 0 Å². The molecule has 0 bridgehead atoms. The van der Waals surface area contributed by atoms with Crippen molar-refractivity contribution < 1.29 is 15.3 Å². The van der Waals surface area contributed by atoms with E-state index in [4.69, 9.17) is 15.3 Å². The standard InChI is InChI=1S/C16H20Si.C3H8O3/c1-16(2,3)13-8-7-11-15(12-13)17-14-9-5-4-6-10-14;4-1-3(6)2-5/h4-12H,17H2,1-3H3;3-6H,1-2H2. The third-order valence-electron chi connectivity index (χ3n) is 3.47. The molecule has 3 nitrogen and oxygen atoms in total. The van der Waals surface area contributed by atoms with Crippen LogP contribution >= 0.6 is 0 Å². The topological polar surface area (TPSA) is 60.7 Å². The van der Waals surface area contributed by atoms with E-state index in [1.807, 2.05) is 0 Å². The van der Waals surface area contributed by atoms with Crippen molar-refractivity contribution in [3.63, 3.8) is 0 Å². The maximum absolute atomic E-state index is 8.17. The second-order valence-electron chi connectivity index (χ2n) is 6.63. The van der Waals surface area contributed by atoms with Crippen molar-refractivity contribution in [2.75, 3.05) is 13.2 Å². The number of aliphatic hydroxyl groups is 3. The summed E-state index contributed by atoms with van der Waals surface area (Å²) in [7, 11) is -0.313. The Kier molecular flexibility index (Phi) is 8.20. The van der Waals surface area contributed by atoms with Crippen molar-refractivity contribution in [2.24, 2.45) is 0 Å². The molecule has 0 saturated heterocycles. The Morgan fingerprint density at radius 2 is 1.43 bits per heavy atom. The second-order valence-corrected chi connectivity index (χ2v) is 8.62. The molecule has 0 atom stereocenters. The van der Waals surface area contributed by atoms with Gasteiger partial charge in [-0.15, -0.1) is 0 Å². The summed E-state index contributed by atoms with van der Waals surface area (Å²) in [5.74, 6) is 0. The van der Waals surface area contributed by atoms with E-state index in [0.717, 1.165) is 0 Å². The minimum absolute atomic E-state index is 0.251. The summed E-state index contributed by atoms with van der Waals surface area (Å²) in [5.41, 5.74) is 1.69. The van der Waals surface area contributed by atoms with Gasteiger partial charge < -0.3 is 15.3 Å². The van der Waals surface area contributed by atoms with Gasteiger partial charge in [0.1, 0.15) is 6.10 Å². The van der Waals surface area contributed by atoms with Gasteiger partial charge in [0.05, 0.1) is 22.7 Å². The maximum atomic E-state index is 8.17. The average Bonchev–Trinajstić information content (AvgIpc) is 2.55. The molecule has 0 saturated carbocycles. The van der Waals surface area contributed by atoms with E-state index in [9.17, 15) is 0 Å². The molecule has 0 aliphatic rings. The second kappa shape index (κ2) is 9.63. The molecule has 2 rings (SSSR count). The lowest BCUT2D eigenvalue weighted by Gasteiger charge is -2.19. The van der Waals surface area contributed by atoms with Crippen LogP contribution in [-0.4, -0.2) is 44.2 Å². The van der Waals surface area contributed by atoms with Crippen LogP contribution in [0.15, 0.2) is 54.6 Å². The van der Waals surface area contributed by atoms with Gasteiger partial charge in [0.25, 0.3) is 0 Å². The van der Waals surface area contributed by atoms with E-state index in [2.05, 4.69) is 75.4 Å². The fourth-order valence-electron chi connectivity index (χ4n) is 2.04. The number of benzene rings is 2. The molecule has 23 heavy (non-hydrogen) atoms. The maximum Gasteiger partial charge on any atom is 0.100 e. The normalized spacial score (nSPS) is 11.6. The third-order valence-corrected chi connectivity index (χ3v) is 5.19. The van der Waals surface area contributed by atoms with Gasteiger partial charge in [0, 0.05) is 0 Å². The van der Waals surface area contributed by atoms with Crippen molar-refractivity contribution in [1.29, 1.82) is 0 Å². The third kappa shape index (κ3) is 7.57. The van der Waals surface area contributed by atoms with Gasteiger partial charge in [0.15, 0.2) is 0 Å². The lowest BCUT2D eigenvalue weighted by Crippen LogP contribution is -2.28. The molecule has 3 N–H and O–H groups in total. The predicted molar refractivity (Wildman–Crippen MR) is 99.6 cm³/mol. The van der Waals surface area contributed by atoms with Crippen LogP contribution in [0.1, 0.15) is 26.3 Å². The lowest BCUT2D eigenvalue weighted by atomic mass is 9.87. The molecule has 0 unspecified atom stereocenters. The zero-order valence-corrected chi connectivity index (χ0v) is 15.7. The van der Waals surface area contributed by atoms with Crippen LogP contribution < -0.4 is 10.4 Å². The Morgan fingerprint density at radius 3 is 1.91 bits per heavy atom. The summed E-state index contributed by atoms with van der Waals surface area (Å²) in [6.07, 6.45) is -0.954. The molecule has 0 aromatic heterocycles. The molecule has 0 radical (unpaired) electrons. The smallest absolute Gasteiger partial charge is 0.100 e. The van der Waals surface area contributed by atoms with Crippen LogP contribution in [0.5, 0.6) is 0 Å². The Balaban J connectivity index is 0.000000379. The highest BCUT2D eigenvalue weighted by molar-refractivity contribution is 6.67. The summed E-state index contributed by atoms with van der Waals surface area (Å²) in [4.78, 5) is 0. The lowest BCUT2D eigenvalue weighted by molar-refractivity contribution is 0.0450. The number of aliphatic hydroxyl groups excluding tert-OH is 3. The Hall–Kier alpha value is -1.46. The van der Waals surface area contributed by atoms with E-state index in [-0.39, 0.29) is 28.1 Å². The Morgan fingerprint density at radius 1 is 0.870 bits per heavy atom. The van der Waals surface area contributed by atoms with Crippen LogP contribution in [0.3, 0.4) is 0 Å². The zero-order chi connectivity index (χ0) is 17.3. The first-order chi connectivity index (χ1) is 10.9. The van der Waals surface area contributed by atoms with Gasteiger partial charge in [-0.1, -0.05) is 85.7 Å². The quantitative estimate of drug-likeness (QED) is 0.712. The highest BCUT2D eigenvalue weighted by Crippen LogP contribution is 2.20. The molecule has 2 aromatic carbocycles. The summed E-state index contributed by atoms with van der Waals surface area (Å²) < 4.78 is 0. The molecule has 0 amide bonds. The summed E-state index contributed by atoms with van der Waals surface area (Å²) in [6.45, 7) is 6.09. The SMILES string of the molecule is CC(C)(C)c1cccc([SiH2]c2ccccc2)c1.OCC(O)CO. The molecule has 126 valence electrons. The molecule has 0 spiro atoms. The van der Waals surface area contributed by atoms with Crippen LogP contribution in [0.4, 0.5) is 0 Å². The minimum Gasteiger partial charge on any atom is -0.394 e. The first kappa shape index (κ1) is 19.6.